The fraction of sp³-hybridized carbons (Fsp3) is 0.290. The minimum absolute atomic E-state index is 0.177. The van der Waals surface area contributed by atoms with Gasteiger partial charge in [0.25, 0.3) is 0 Å². The molecule has 0 bridgehead atoms. The maximum atomic E-state index is 5.37. The summed E-state index contributed by atoms with van der Waals surface area (Å²) in [5.41, 5.74) is 8.56. The van der Waals surface area contributed by atoms with Crippen LogP contribution in [-0.4, -0.2) is 16.3 Å². The number of nitrogens with zero attached hydrogens (tertiary/aromatic N) is 3. The van der Waals surface area contributed by atoms with Crippen molar-refractivity contribution in [3.63, 3.8) is 0 Å². The first-order valence-corrected chi connectivity index (χ1v) is 12.2. The van der Waals surface area contributed by atoms with Crippen molar-refractivity contribution in [2.45, 2.75) is 53.6 Å². The zero-order valence-electron chi connectivity index (χ0n) is 21.1. The standard InChI is InChI=1S/C31H36N3/c1-23(2)18-29(32-30(27-12-8-6-9-13-27)28-14-10-7-11-15-28)21-33-16-17-34(22-33)31-25(4)19-24(3)20-26(31)5/h6-17,19-20,22-23,29H,18,21H2,1-5H3/q+1/t29-/m0/s1. The van der Waals surface area contributed by atoms with Crippen molar-refractivity contribution in [3.05, 3.63) is 119 Å². The molecule has 0 unspecified atom stereocenters. The number of imidazole rings is 1. The molecule has 4 aromatic rings. The summed E-state index contributed by atoms with van der Waals surface area (Å²) in [4.78, 5) is 5.37. The first kappa shape index (κ1) is 23.7. The van der Waals surface area contributed by atoms with Crippen molar-refractivity contribution in [2.75, 3.05) is 0 Å². The summed E-state index contributed by atoms with van der Waals surface area (Å²) < 4.78 is 4.53. The normalized spacial score (nSPS) is 12.1. The Kier molecular flexibility index (Phi) is 7.42. The molecule has 0 aliphatic rings. The zero-order valence-corrected chi connectivity index (χ0v) is 21.1. The summed E-state index contributed by atoms with van der Waals surface area (Å²) in [7, 11) is 0. The van der Waals surface area contributed by atoms with E-state index in [0.29, 0.717) is 5.92 Å². The van der Waals surface area contributed by atoms with E-state index in [9.17, 15) is 0 Å². The highest BCUT2D eigenvalue weighted by Gasteiger charge is 2.19. The molecule has 3 aromatic carbocycles. The van der Waals surface area contributed by atoms with Gasteiger partial charge < -0.3 is 0 Å². The summed E-state index contributed by atoms with van der Waals surface area (Å²) in [5.74, 6) is 0.561. The molecule has 34 heavy (non-hydrogen) atoms. The van der Waals surface area contributed by atoms with Crippen LogP contribution in [-0.2, 0) is 6.54 Å². The molecule has 1 atom stereocenters. The van der Waals surface area contributed by atoms with E-state index in [1.54, 1.807) is 0 Å². The Morgan fingerprint density at radius 1 is 0.853 bits per heavy atom. The van der Waals surface area contributed by atoms with Gasteiger partial charge in [0.1, 0.15) is 24.6 Å². The van der Waals surface area contributed by atoms with Crippen LogP contribution in [0.5, 0.6) is 0 Å². The van der Waals surface area contributed by atoms with E-state index < -0.39 is 0 Å². The summed E-state index contributed by atoms with van der Waals surface area (Å²) >= 11 is 0. The summed E-state index contributed by atoms with van der Waals surface area (Å²) in [6, 6.07) is 25.8. The first-order chi connectivity index (χ1) is 16.4. The van der Waals surface area contributed by atoms with Gasteiger partial charge in [-0.15, -0.1) is 0 Å². The second kappa shape index (κ2) is 10.6. The van der Waals surface area contributed by atoms with Crippen LogP contribution in [0.4, 0.5) is 0 Å². The van der Waals surface area contributed by atoms with Gasteiger partial charge in [-0.3, -0.25) is 4.99 Å². The molecule has 3 heteroatoms. The third kappa shape index (κ3) is 5.72. The van der Waals surface area contributed by atoms with Crippen LogP contribution in [0, 0.1) is 26.7 Å². The average molecular weight is 451 g/mol. The van der Waals surface area contributed by atoms with E-state index in [1.807, 2.05) is 0 Å². The van der Waals surface area contributed by atoms with Gasteiger partial charge in [0.2, 0.25) is 6.33 Å². The Bertz CT molecular complexity index is 1190. The van der Waals surface area contributed by atoms with Gasteiger partial charge in [0.05, 0.1) is 11.8 Å². The van der Waals surface area contributed by atoms with Crippen molar-refractivity contribution in [1.29, 1.82) is 0 Å². The Morgan fingerprint density at radius 2 is 1.41 bits per heavy atom. The minimum atomic E-state index is 0.177. The highest BCUT2D eigenvalue weighted by Crippen LogP contribution is 2.21. The summed E-state index contributed by atoms with van der Waals surface area (Å²) in [6.07, 6.45) is 7.57. The SMILES string of the molecule is Cc1cc(C)c(-n2cc[n+](C[C@H](CC(C)C)N=C(c3ccccc3)c3ccccc3)c2)c(C)c1. The maximum Gasteiger partial charge on any atom is 0.249 e. The van der Waals surface area contributed by atoms with Gasteiger partial charge in [-0.2, -0.15) is 0 Å². The summed E-state index contributed by atoms with van der Waals surface area (Å²) in [5, 5.41) is 0. The molecule has 0 saturated heterocycles. The second-order valence-electron chi connectivity index (χ2n) is 9.76. The Morgan fingerprint density at radius 3 is 1.94 bits per heavy atom. The number of aryl methyl sites for hydroxylation is 3. The predicted octanol–water partition coefficient (Wildman–Crippen LogP) is 6.64. The Balaban J connectivity index is 1.68. The molecular weight excluding hydrogens is 414 g/mol. The van der Waals surface area contributed by atoms with Gasteiger partial charge in [0, 0.05) is 11.1 Å². The fourth-order valence-electron chi connectivity index (χ4n) is 4.86. The number of hydrogen-bond acceptors (Lipinski definition) is 1. The lowest BCUT2D eigenvalue weighted by Crippen LogP contribution is -2.38. The molecule has 3 nitrogen and oxygen atoms in total. The van der Waals surface area contributed by atoms with Gasteiger partial charge in [0.15, 0.2) is 0 Å². The highest BCUT2D eigenvalue weighted by atomic mass is 15.1. The number of benzene rings is 3. The van der Waals surface area contributed by atoms with Crippen molar-refractivity contribution in [1.82, 2.24) is 4.57 Å². The largest absolute Gasteiger partial charge is 0.277 e. The van der Waals surface area contributed by atoms with Crippen LogP contribution in [0.1, 0.15) is 48.1 Å². The molecule has 0 saturated carbocycles. The molecular formula is C31H36N3+. The van der Waals surface area contributed by atoms with Gasteiger partial charge >= 0.3 is 0 Å². The van der Waals surface area contributed by atoms with E-state index in [0.717, 1.165) is 29.8 Å². The lowest BCUT2D eigenvalue weighted by atomic mass is 10.00. The monoisotopic (exact) mass is 450 g/mol. The van der Waals surface area contributed by atoms with E-state index in [1.165, 1.54) is 22.4 Å². The molecule has 1 heterocycles. The molecule has 0 fully saturated rings. The molecule has 0 N–H and O–H groups in total. The minimum Gasteiger partial charge on any atom is -0.277 e. The smallest absolute Gasteiger partial charge is 0.249 e. The molecule has 4 rings (SSSR count). The van der Waals surface area contributed by atoms with Gasteiger partial charge in [-0.05, 0) is 44.2 Å². The van der Waals surface area contributed by atoms with E-state index in [2.05, 4.69) is 135 Å². The summed E-state index contributed by atoms with van der Waals surface area (Å²) in [6.45, 7) is 11.9. The third-order valence-electron chi connectivity index (χ3n) is 6.16. The van der Waals surface area contributed by atoms with Crippen LogP contribution in [0.3, 0.4) is 0 Å². The van der Waals surface area contributed by atoms with Crippen LogP contribution < -0.4 is 4.57 Å². The van der Waals surface area contributed by atoms with Crippen LogP contribution in [0.15, 0.2) is 96.5 Å². The van der Waals surface area contributed by atoms with Crippen molar-refractivity contribution < 1.29 is 4.57 Å². The number of hydrogen-bond donors (Lipinski definition) is 0. The Labute approximate surface area is 204 Å². The average Bonchev–Trinajstić information content (AvgIpc) is 3.25. The number of rotatable bonds is 8. The lowest BCUT2D eigenvalue weighted by molar-refractivity contribution is -0.698. The van der Waals surface area contributed by atoms with E-state index in [-0.39, 0.29) is 6.04 Å². The maximum absolute atomic E-state index is 5.37. The molecule has 1 aromatic heterocycles. The highest BCUT2D eigenvalue weighted by molar-refractivity contribution is 6.12. The fourth-order valence-corrected chi connectivity index (χ4v) is 4.86. The molecule has 0 radical (unpaired) electrons. The van der Waals surface area contributed by atoms with Crippen molar-refractivity contribution in [2.24, 2.45) is 10.9 Å². The topological polar surface area (TPSA) is 21.2 Å². The first-order valence-electron chi connectivity index (χ1n) is 12.2. The van der Waals surface area contributed by atoms with Crippen molar-refractivity contribution in [3.8, 4) is 5.69 Å². The zero-order chi connectivity index (χ0) is 24.1. The van der Waals surface area contributed by atoms with Crippen molar-refractivity contribution >= 4 is 5.71 Å². The van der Waals surface area contributed by atoms with Gasteiger partial charge in [-0.1, -0.05) is 92.2 Å². The Hall–Kier alpha value is -3.46. The molecule has 0 spiro atoms. The number of aliphatic imine (C=N–C) groups is 1. The van der Waals surface area contributed by atoms with Gasteiger partial charge in [-0.25, -0.2) is 9.13 Å². The van der Waals surface area contributed by atoms with Crippen LogP contribution in [0.25, 0.3) is 5.69 Å². The molecule has 0 amide bonds. The number of aromatic nitrogens is 2. The molecule has 0 aliphatic heterocycles. The molecule has 0 aliphatic carbocycles. The predicted molar refractivity (Wildman–Crippen MR) is 142 cm³/mol. The van der Waals surface area contributed by atoms with E-state index >= 15 is 0 Å². The lowest BCUT2D eigenvalue weighted by Gasteiger charge is -2.16. The van der Waals surface area contributed by atoms with Crippen LogP contribution in [0.2, 0.25) is 0 Å². The van der Waals surface area contributed by atoms with E-state index in [4.69, 9.17) is 4.99 Å². The van der Waals surface area contributed by atoms with Crippen LogP contribution >= 0.6 is 0 Å². The third-order valence-corrected chi connectivity index (χ3v) is 6.16. The molecule has 174 valence electrons. The second-order valence-corrected chi connectivity index (χ2v) is 9.76. The quantitative estimate of drug-likeness (QED) is 0.212.